The Labute approximate surface area is 118 Å². The number of hydrogen-bond acceptors (Lipinski definition) is 6. The highest BCUT2D eigenvalue weighted by molar-refractivity contribution is 5.40. The van der Waals surface area contributed by atoms with E-state index in [1.807, 2.05) is 19.1 Å². The third-order valence-corrected chi connectivity index (χ3v) is 3.43. The van der Waals surface area contributed by atoms with E-state index in [2.05, 4.69) is 30.2 Å². The predicted molar refractivity (Wildman–Crippen MR) is 77.7 cm³/mol. The standard InChI is InChI=1S/C14H18N6/c1-11-8-13(18-10-17-11)20-7-2-4-12(9-20)19-14-15-5-3-6-16-14/h3,5-6,8,10,12H,2,4,7,9H2,1H3,(H,15,16,19). The Bertz CT molecular complexity index is 559. The van der Waals surface area contributed by atoms with Gasteiger partial charge in [-0.1, -0.05) is 0 Å². The lowest BCUT2D eigenvalue weighted by Crippen LogP contribution is -2.42. The number of rotatable bonds is 3. The van der Waals surface area contributed by atoms with Crippen LogP contribution in [0.3, 0.4) is 0 Å². The van der Waals surface area contributed by atoms with Crippen LogP contribution >= 0.6 is 0 Å². The highest BCUT2D eigenvalue weighted by Gasteiger charge is 2.21. The topological polar surface area (TPSA) is 66.8 Å². The molecule has 0 spiro atoms. The normalized spacial score (nSPS) is 18.9. The minimum Gasteiger partial charge on any atom is -0.354 e. The summed E-state index contributed by atoms with van der Waals surface area (Å²) >= 11 is 0. The van der Waals surface area contributed by atoms with Gasteiger partial charge in [0.25, 0.3) is 0 Å². The molecule has 1 aliphatic rings. The fraction of sp³-hybridized carbons (Fsp3) is 0.429. The van der Waals surface area contributed by atoms with Gasteiger partial charge < -0.3 is 10.2 Å². The van der Waals surface area contributed by atoms with Crippen LogP contribution in [0, 0.1) is 6.92 Å². The quantitative estimate of drug-likeness (QED) is 0.915. The largest absolute Gasteiger partial charge is 0.354 e. The van der Waals surface area contributed by atoms with E-state index in [-0.39, 0.29) is 0 Å². The number of anilines is 2. The Hall–Kier alpha value is -2.24. The van der Waals surface area contributed by atoms with Gasteiger partial charge in [-0.25, -0.2) is 19.9 Å². The third-order valence-electron chi connectivity index (χ3n) is 3.43. The summed E-state index contributed by atoms with van der Waals surface area (Å²) in [4.78, 5) is 19.2. The number of aromatic nitrogens is 4. The molecule has 0 aliphatic carbocycles. The Morgan fingerprint density at radius 3 is 2.85 bits per heavy atom. The molecule has 1 saturated heterocycles. The van der Waals surface area contributed by atoms with E-state index in [0.29, 0.717) is 12.0 Å². The number of nitrogens with zero attached hydrogens (tertiary/aromatic N) is 5. The van der Waals surface area contributed by atoms with Gasteiger partial charge in [0.1, 0.15) is 12.1 Å². The zero-order valence-corrected chi connectivity index (χ0v) is 11.5. The Morgan fingerprint density at radius 2 is 2.05 bits per heavy atom. The molecule has 3 rings (SSSR count). The van der Waals surface area contributed by atoms with Gasteiger partial charge in [-0.3, -0.25) is 0 Å². The lowest BCUT2D eigenvalue weighted by atomic mass is 10.1. The van der Waals surface area contributed by atoms with Crippen molar-refractivity contribution in [2.75, 3.05) is 23.3 Å². The molecule has 6 heteroatoms. The highest BCUT2D eigenvalue weighted by Crippen LogP contribution is 2.19. The van der Waals surface area contributed by atoms with Crippen molar-refractivity contribution in [1.29, 1.82) is 0 Å². The SMILES string of the molecule is Cc1cc(N2CCCC(Nc3ncccn3)C2)ncn1. The van der Waals surface area contributed by atoms with Crippen molar-refractivity contribution < 1.29 is 0 Å². The summed E-state index contributed by atoms with van der Waals surface area (Å²) in [5.74, 6) is 1.69. The molecule has 1 fully saturated rings. The Morgan fingerprint density at radius 1 is 1.20 bits per heavy atom. The molecule has 1 unspecified atom stereocenters. The molecule has 2 aromatic rings. The fourth-order valence-corrected chi connectivity index (χ4v) is 2.47. The monoisotopic (exact) mass is 270 g/mol. The number of hydrogen-bond donors (Lipinski definition) is 1. The molecule has 1 atom stereocenters. The average Bonchev–Trinajstić information content (AvgIpc) is 2.49. The maximum absolute atomic E-state index is 4.36. The number of nitrogens with one attached hydrogen (secondary N) is 1. The van der Waals surface area contributed by atoms with Gasteiger partial charge in [-0.05, 0) is 25.8 Å². The fourth-order valence-electron chi connectivity index (χ4n) is 2.47. The second-order valence-electron chi connectivity index (χ2n) is 5.02. The smallest absolute Gasteiger partial charge is 0.222 e. The predicted octanol–water partition coefficient (Wildman–Crippen LogP) is 1.66. The molecule has 0 aromatic carbocycles. The van der Waals surface area contributed by atoms with Crippen molar-refractivity contribution in [2.45, 2.75) is 25.8 Å². The van der Waals surface area contributed by atoms with Gasteiger partial charge in [-0.15, -0.1) is 0 Å². The summed E-state index contributed by atoms with van der Waals surface area (Å²) in [5.41, 5.74) is 0.997. The molecular formula is C14H18N6. The summed E-state index contributed by atoms with van der Waals surface area (Å²) < 4.78 is 0. The van der Waals surface area contributed by atoms with E-state index in [9.17, 15) is 0 Å². The van der Waals surface area contributed by atoms with Gasteiger partial charge >= 0.3 is 0 Å². The Balaban J connectivity index is 1.67. The zero-order valence-electron chi connectivity index (χ0n) is 11.5. The van der Waals surface area contributed by atoms with Crippen LogP contribution in [0.4, 0.5) is 11.8 Å². The zero-order chi connectivity index (χ0) is 13.8. The van der Waals surface area contributed by atoms with Gasteiger partial charge in [0.15, 0.2) is 0 Å². The van der Waals surface area contributed by atoms with Crippen LogP contribution in [0.15, 0.2) is 30.9 Å². The lowest BCUT2D eigenvalue weighted by molar-refractivity contribution is 0.524. The minimum absolute atomic E-state index is 0.349. The van der Waals surface area contributed by atoms with Crippen LogP contribution in [-0.2, 0) is 0 Å². The van der Waals surface area contributed by atoms with Crippen molar-refractivity contribution in [1.82, 2.24) is 19.9 Å². The third kappa shape index (κ3) is 3.01. The lowest BCUT2D eigenvalue weighted by Gasteiger charge is -2.33. The summed E-state index contributed by atoms with van der Waals surface area (Å²) in [5, 5.41) is 3.39. The van der Waals surface area contributed by atoms with E-state index in [1.54, 1.807) is 18.7 Å². The van der Waals surface area contributed by atoms with E-state index < -0.39 is 0 Å². The van der Waals surface area contributed by atoms with E-state index in [4.69, 9.17) is 0 Å². The van der Waals surface area contributed by atoms with Crippen LogP contribution in [-0.4, -0.2) is 39.1 Å². The van der Waals surface area contributed by atoms with Crippen molar-refractivity contribution in [3.63, 3.8) is 0 Å². The summed E-state index contributed by atoms with van der Waals surface area (Å²) in [6.07, 6.45) is 7.39. The van der Waals surface area contributed by atoms with Crippen molar-refractivity contribution >= 4 is 11.8 Å². The van der Waals surface area contributed by atoms with Crippen molar-refractivity contribution in [3.8, 4) is 0 Å². The molecule has 6 nitrogen and oxygen atoms in total. The molecule has 2 aromatic heterocycles. The molecule has 1 N–H and O–H groups in total. The second kappa shape index (κ2) is 5.81. The van der Waals surface area contributed by atoms with E-state index in [0.717, 1.165) is 37.4 Å². The second-order valence-corrected chi connectivity index (χ2v) is 5.02. The maximum atomic E-state index is 4.36. The Kier molecular flexibility index (Phi) is 3.71. The van der Waals surface area contributed by atoms with Crippen molar-refractivity contribution in [3.05, 3.63) is 36.5 Å². The molecule has 0 bridgehead atoms. The average molecular weight is 270 g/mol. The van der Waals surface area contributed by atoms with E-state index >= 15 is 0 Å². The van der Waals surface area contributed by atoms with Gasteiger partial charge in [0.05, 0.1) is 0 Å². The first-order valence-corrected chi connectivity index (χ1v) is 6.88. The van der Waals surface area contributed by atoms with Gasteiger partial charge in [-0.2, -0.15) is 0 Å². The van der Waals surface area contributed by atoms with E-state index in [1.165, 1.54) is 0 Å². The van der Waals surface area contributed by atoms with Crippen molar-refractivity contribution in [2.24, 2.45) is 0 Å². The molecular weight excluding hydrogens is 252 g/mol. The first-order chi connectivity index (χ1) is 9.81. The van der Waals surface area contributed by atoms with Crippen LogP contribution in [0.1, 0.15) is 18.5 Å². The van der Waals surface area contributed by atoms with Gasteiger partial charge in [0.2, 0.25) is 5.95 Å². The molecule has 104 valence electrons. The summed E-state index contributed by atoms with van der Waals surface area (Å²) in [7, 11) is 0. The number of aryl methyl sites for hydroxylation is 1. The minimum atomic E-state index is 0.349. The van der Waals surface area contributed by atoms with Gasteiger partial charge in [0, 0.05) is 43.3 Å². The maximum Gasteiger partial charge on any atom is 0.222 e. The molecule has 0 radical (unpaired) electrons. The van der Waals surface area contributed by atoms with Crippen LogP contribution in [0.25, 0.3) is 0 Å². The highest BCUT2D eigenvalue weighted by atomic mass is 15.2. The molecule has 0 amide bonds. The first kappa shape index (κ1) is 12.8. The first-order valence-electron chi connectivity index (χ1n) is 6.88. The summed E-state index contributed by atoms with van der Waals surface area (Å²) in [6.45, 7) is 3.93. The number of piperidine rings is 1. The molecule has 0 saturated carbocycles. The molecule has 1 aliphatic heterocycles. The summed E-state index contributed by atoms with van der Waals surface area (Å²) in [6, 6.07) is 4.20. The van der Waals surface area contributed by atoms with Crippen LogP contribution < -0.4 is 10.2 Å². The molecule has 3 heterocycles. The van der Waals surface area contributed by atoms with Crippen LogP contribution in [0.2, 0.25) is 0 Å². The molecule has 20 heavy (non-hydrogen) atoms. The van der Waals surface area contributed by atoms with Crippen LogP contribution in [0.5, 0.6) is 0 Å².